The number of benzene rings is 1. The first-order valence-electron chi connectivity index (χ1n) is 7.96. The van der Waals surface area contributed by atoms with Crippen LogP contribution in [0, 0.1) is 5.92 Å². The van der Waals surface area contributed by atoms with E-state index in [2.05, 4.69) is 12.2 Å². The van der Waals surface area contributed by atoms with Gasteiger partial charge in [-0.1, -0.05) is 37.4 Å². The Labute approximate surface area is 137 Å². The van der Waals surface area contributed by atoms with Crippen molar-refractivity contribution in [3.63, 3.8) is 0 Å². The van der Waals surface area contributed by atoms with Crippen LogP contribution in [0.4, 0.5) is 4.79 Å². The summed E-state index contributed by atoms with van der Waals surface area (Å²) < 4.78 is 5.61. The molecule has 1 N–H and O–H groups in total. The van der Waals surface area contributed by atoms with Gasteiger partial charge in [0.15, 0.2) is 0 Å². The number of nitrogens with zero attached hydrogens (tertiary/aromatic N) is 1. The van der Waals surface area contributed by atoms with E-state index >= 15 is 0 Å². The summed E-state index contributed by atoms with van der Waals surface area (Å²) in [7, 11) is 1.80. The predicted octanol–water partition coefficient (Wildman–Crippen LogP) is 3.94. The molecular formula is C17H25ClN2O2. The summed E-state index contributed by atoms with van der Waals surface area (Å²) in [4.78, 5) is 13.9. The van der Waals surface area contributed by atoms with Crippen molar-refractivity contribution in [2.45, 2.75) is 38.6 Å². The van der Waals surface area contributed by atoms with Crippen molar-refractivity contribution in [1.29, 1.82) is 0 Å². The van der Waals surface area contributed by atoms with Crippen LogP contribution in [-0.2, 0) is 0 Å². The number of ether oxygens (including phenoxy) is 1. The fourth-order valence-corrected chi connectivity index (χ4v) is 2.94. The maximum Gasteiger partial charge on any atom is 0.317 e. The molecule has 2 rings (SSSR count). The van der Waals surface area contributed by atoms with Crippen LogP contribution in [0.15, 0.2) is 24.3 Å². The standard InChI is InChI=1S/C17H25ClN2O2/c1-13-6-3-4-9-16(13)19-17(21)20(2)10-11-22-15-8-5-7-14(18)12-15/h5,7-8,12-13,16H,3-4,6,9-11H2,1-2H3,(H,19,21)/t13-,16+/m1/s1. The molecule has 0 radical (unpaired) electrons. The van der Waals surface area contributed by atoms with Crippen molar-refractivity contribution in [2.75, 3.05) is 20.2 Å². The van der Waals surface area contributed by atoms with Gasteiger partial charge in [0.05, 0.1) is 6.54 Å². The van der Waals surface area contributed by atoms with E-state index in [9.17, 15) is 4.79 Å². The lowest BCUT2D eigenvalue weighted by atomic mass is 9.86. The molecule has 2 amide bonds. The molecular weight excluding hydrogens is 300 g/mol. The maximum atomic E-state index is 12.2. The van der Waals surface area contributed by atoms with Gasteiger partial charge in [-0.05, 0) is 37.0 Å². The van der Waals surface area contributed by atoms with Crippen LogP contribution in [0.1, 0.15) is 32.6 Å². The van der Waals surface area contributed by atoms with Crippen molar-refractivity contribution in [2.24, 2.45) is 5.92 Å². The first kappa shape index (κ1) is 16.9. The average Bonchev–Trinajstić information content (AvgIpc) is 2.49. The minimum atomic E-state index is -0.0200. The van der Waals surface area contributed by atoms with Gasteiger partial charge in [0, 0.05) is 18.1 Å². The molecule has 2 atom stereocenters. The van der Waals surface area contributed by atoms with Gasteiger partial charge in [-0.3, -0.25) is 0 Å². The normalized spacial score (nSPS) is 21.2. The van der Waals surface area contributed by atoms with E-state index in [0.29, 0.717) is 30.1 Å². The molecule has 1 aliphatic rings. The molecule has 122 valence electrons. The summed E-state index contributed by atoms with van der Waals surface area (Å²) in [5.41, 5.74) is 0. The van der Waals surface area contributed by atoms with E-state index in [4.69, 9.17) is 16.3 Å². The van der Waals surface area contributed by atoms with Gasteiger partial charge in [0.1, 0.15) is 12.4 Å². The number of nitrogens with one attached hydrogen (secondary N) is 1. The number of halogens is 1. The molecule has 1 aliphatic carbocycles. The highest BCUT2D eigenvalue weighted by Crippen LogP contribution is 2.23. The highest BCUT2D eigenvalue weighted by molar-refractivity contribution is 6.30. The number of rotatable bonds is 5. The van der Waals surface area contributed by atoms with Gasteiger partial charge in [0.2, 0.25) is 0 Å². The zero-order valence-electron chi connectivity index (χ0n) is 13.3. The van der Waals surface area contributed by atoms with Gasteiger partial charge < -0.3 is 15.0 Å². The molecule has 0 aliphatic heterocycles. The van der Waals surface area contributed by atoms with Crippen LogP contribution in [0.5, 0.6) is 5.75 Å². The molecule has 0 aromatic heterocycles. The Morgan fingerprint density at radius 3 is 2.91 bits per heavy atom. The quantitative estimate of drug-likeness (QED) is 0.891. The summed E-state index contributed by atoms with van der Waals surface area (Å²) in [6.45, 7) is 3.20. The number of carbonyl (C=O) groups is 1. The topological polar surface area (TPSA) is 41.6 Å². The van der Waals surface area contributed by atoms with Gasteiger partial charge in [-0.2, -0.15) is 0 Å². The molecule has 4 nitrogen and oxygen atoms in total. The number of hydrogen-bond acceptors (Lipinski definition) is 2. The molecule has 1 aromatic carbocycles. The molecule has 1 saturated carbocycles. The molecule has 0 saturated heterocycles. The molecule has 5 heteroatoms. The number of amides is 2. The number of urea groups is 1. The Morgan fingerprint density at radius 2 is 2.18 bits per heavy atom. The molecule has 0 heterocycles. The Balaban J connectivity index is 1.72. The van der Waals surface area contributed by atoms with Gasteiger partial charge in [-0.25, -0.2) is 4.79 Å². The second-order valence-corrected chi connectivity index (χ2v) is 6.48. The minimum Gasteiger partial charge on any atom is -0.492 e. The summed E-state index contributed by atoms with van der Waals surface area (Å²) in [5, 5.41) is 3.78. The zero-order chi connectivity index (χ0) is 15.9. The van der Waals surface area contributed by atoms with Crippen LogP contribution in [0.2, 0.25) is 5.02 Å². The predicted molar refractivity (Wildman–Crippen MR) is 89.5 cm³/mol. The zero-order valence-corrected chi connectivity index (χ0v) is 14.1. The molecule has 22 heavy (non-hydrogen) atoms. The molecule has 0 bridgehead atoms. The fourth-order valence-electron chi connectivity index (χ4n) is 2.76. The van der Waals surface area contributed by atoms with Crippen LogP contribution < -0.4 is 10.1 Å². The van der Waals surface area contributed by atoms with Gasteiger partial charge >= 0.3 is 6.03 Å². The van der Waals surface area contributed by atoms with Crippen molar-refractivity contribution in [3.05, 3.63) is 29.3 Å². The largest absolute Gasteiger partial charge is 0.492 e. The van der Waals surface area contributed by atoms with E-state index in [1.54, 1.807) is 24.1 Å². The summed E-state index contributed by atoms with van der Waals surface area (Å²) in [6, 6.07) is 7.56. The molecule has 1 aromatic rings. The first-order valence-corrected chi connectivity index (χ1v) is 8.34. The Hall–Kier alpha value is -1.42. The lowest BCUT2D eigenvalue weighted by Gasteiger charge is -2.31. The minimum absolute atomic E-state index is 0.0200. The number of hydrogen-bond donors (Lipinski definition) is 1. The molecule has 0 spiro atoms. The highest BCUT2D eigenvalue weighted by atomic mass is 35.5. The van der Waals surface area contributed by atoms with Crippen LogP contribution in [0.3, 0.4) is 0 Å². The summed E-state index contributed by atoms with van der Waals surface area (Å²) in [5.74, 6) is 1.29. The SMILES string of the molecule is C[C@@H]1CCCC[C@@H]1NC(=O)N(C)CCOc1cccc(Cl)c1. The van der Waals surface area contributed by atoms with E-state index in [1.165, 1.54) is 19.3 Å². The summed E-state index contributed by atoms with van der Waals surface area (Å²) >= 11 is 5.90. The fraction of sp³-hybridized carbons (Fsp3) is 0.588. The smallest absolute Gasteiger partial charge is 0.317 e. The molecule has 0 unspecified atom stereocenters. The third-order valence-corrected chi connectivity index (χ3v) is 4.49. The third kappa shape index (κ3) is 5.09. The lowest BCUT2D eigenvalue weighted by molar-refractivity contribution is 0.181. The Bertz CT molecular complexity index is 495. The second kappa shape index (κ2) is 8.28. The van der Waals surface area contributed by atoms with Crippen LogP contribution in [-0.4, -0.2) is 37.2 Å². The van der Waals surface area contributed by atoms with Crippen molar-refractivity contribution < 1.29 is 9.53 Å². The van der Waals surface area contributed by atoms with Crippen molar-refractivity contribution in [1.82, 2.24) is 10.2 Å². The van der Waals surface area contributed by atoms with Gasteiger partial charge in [-0.15, -0.1) is 0 Å². The van der Waals surface area contributed by atoms with Crippen molar-refractivity contribution >= 4 is 17.6 Å². The lowest BCUT2D eigenvalue weighted by Crippen LogP contribution is -2.47. The Morgan fingerprint density at radius 1 is 1.41 bits per heavy atom. The summed E-state index contributed by atoms with van der Waals surface area (Å²) in [6.07, 6.45) is 4.76. The van der Waals surface area contributed by atoms with E-state index in [0.717, 1.165) is 12.2 Å². The second-order valence-electron chi connectivity index (χ2n) is 6.05. The van der Waals surface area contributed by atoms with Crippen LogP contribution in [0.25, 0.3) is 0 Å². The van der Waals surface area contributed by atoms with Crippen molar-refractivity contribution in [3.8, 4) is 5.75 Å². The number of carbonyl (C=O) groups excluding carboxylic acids is 1. The van der Waals surface area contributed by atoms with E-state index in [1.807, 2.05) is 12.1 Å². The van der Waals surface area contributed by atoms with E-state index < -0.39 is 0 Å². The van der Waals surface area contributed by atoms with E-state index in [-0.39, 0.29) is 6.03 Å². The monoisotopic (exact) mass is 324 g/mol. The number of likely N-dealkylation sites (N-methyl/N-ethyl adjacent to an activating group) is 1. The maximum absolute atomic E-state index is 12.2. The average molecular weight is 325 g/mol. The third-order valence-electron chi connectivity index (χ3n) is 4.26. The Kier molecular flexibility index (Phi) is 6.37. The van der Waals surface area contributed by atoms with Gasteiger partial charge in [0.25, 0.3) is 0 Å². The molecule has 1 fully saturated rings. The highest BCUT2D eigenvalue weighted by Gasteiger charge is 2.23. The first-order chi connectivity index (χ1) is 10.6. The van der Waals surface area contributed by atoms with Crippen LogP contribution >= 0.6 is 11.6 Å².